The van der Waals surface area contributed by atoms with E-state index in [9.17, 15) is 18.0 Å². The third-order valence-electron chi connectivity index (χ3n) is 2.05. The molecular formula is C10H12F3N3O. The topological polar surface area (TPSA) is 67.1 Å². The van der Waals surface area contributed by atoms with Crippen molar-refractivity contribution < 1.29 is 18.0 Å². The predicted octanol–water partition coefficient (Wildman–Crippen LogP) is 1.50. The van der Waals surface area contributed by atoms with Gasteiger partial charge in [-0.15, -0.1) is 0 Å². The van der Waals surface area contributed by atoms with Crippen molar-refractivity contribution in [1.29, 1.82) is 0 Å². The van der Waals surface area contributed by atoms with Crippen LogP contribution in [0.3, 0.4) is 0 Å². The number of hydrogen-bond donors (Lipinski definition) is 3. The van der Waals surface area contributed by atoms with Gasteiger partial charge in [0.15, 0.2) is 0 Å². The van der Waals surface area contributed by atoms with E-state index < -0.39 is 11.7 Å². The molecule has 0 saturated carbocycles. The third kappa shape index (κ3) is 4.31. The Balaban J connectivity index is 2.49. The minimum atomic E-state index is -4.34. The number of nitrogens with one attached hydrogen (secondary N) is 2. The summed E-state index contributed by atoms with van der Waals surface area (Å²) >= 11 is 0. The summed E-state index contributed by atoms with van der Waals surface area (Å²) in [5, 5.41) is 2.80. The summed E-state index contributed by atoms with van der Waals surface area (Å²) in [6.07, 6.45) is -4.19. The maximum Gasteiger partial charge on any atom is 0.416 e. The van der Waals surface area contributed by atoms with Gasteiger partial charge in [0.25, 0.3) is 0 Å². The molecule has 0 aliphatic rings. The van der Waals surface area contributed by atoms with Crippen LogP contribution in [-0.2, 0) is 11.0 Å². The van der Waals surface area contributed by atoms with Crippen LogP contribution in [0.5, 0.6) is 0 Å². The molecule has 0 radical (unpaired) electrons. The standard InChI is InChI=1S/C10H12F3N3O/c11-10(12,13)7-1-3-8(4-2-7)15-6-5-9(17)16-14/h1-4,15H,5-6,14H2,(H,16,17). The molecule has 7 heteroatoms. The molecule has 0 heterocycles. The lowest BCUT2D eigenvalue weighted by atomic mass is 10.2. The average Bonchev–Trinajstić information content (AvgIpc) is 2.28. The number of carbonyl (C=O) groups is 1. The molecule has 1 rings (SSSR count). The van der Waals surface area contributed by atoms with Crippen LogP contribution in [0.1, 0.15) is 12.0 Å². The van der Waals surface area contributed by atoms with Crippen molar-refractivity contribution in [3.05, 3.63) is 29.8 Å². The van der Waals surface area contributed by atoms with Crippen molar-refractivity contribution in [2.45, 2.75) is 12.6 Å². The molecule has 0 saturated heterocycles. The molecule has 17 heavy (non-hydrogen) atoms. The van der Waals surface area contributed by atoms with Gasteiger partial charge in [-0.05, 0) is 24.3 Å². The molecule has 1 aromatic rings. The van der Waals surface area contributed by atoms with E-state index in [-0.39, 0.29) is 12.3 Å². The first-order chi connectivity index (χ1) is 7.93. The fourth-order valence-corrected chi connectivity index (χ4v) is 1.17. The molecule has 1 amide bonds. The Morgan fingerprint density at radius 3 is 2.29 bits per heavy atom. The number of hydrogen-bond acceptors (Lipinski definition) is 3. The summed E-state index contributed by atoms with van der Waals surface area (Å²) < 4.78 is 36.7. The van der Waals surface area contributed by atoms with E-state index in [0.717, 1.165) is 12.1 Å². The van der Waals surface area contributed by atoms with Crippen molar-refractivity contribution in [3.63, 3.8) is 0 Å². The molecule has 4 N–H and O–H groups in total. The second-order valence-corrected chi connectivity index (χ2v) is 3.32. The maximum absolute atomic E-state index is 12.2. The van der Waals surface area contributed by atoms with Gasteiger partial charge < -0.3 is 5.32 Å². The Morgan fingerprint density at radius 1 is 1.24 bits per heavy atom. The van der Waals surface area contributed by atoms with Gasteiger partial charge in [0.05, 0.1) is 5.56 Å². The fourth-order valence-electron chi connectivity index (χ4n) is 1.17. The number of halogens is 3. The van der Waals surface area contributed by atoms with E-state index in [0.29, 0.717) is 12.2 Å². The van der Waals surface area contributed by atoms with Crippen LogP contribution >= 0.6 is 0 Å². The van der Waals surface area contributed by atoms with Crippen LogP contribution in [-0.4, -0.2) is 12.5 Å². The van der Waals surface area contributed by atoms with Crippen LogP contribution in [0.2, 0.25) is 0 Å². The van der Waals surface area contributed by atoms with Crippen molar-refractivity contribution >= 4 is 11.6 Å². The molecule has 0 atom stereocenters. The Kier molecular flexibility index (Phi) is 4.33. The number of hydrazine groups is 1. The second kappa shape index (κ2) is 5.53. The summed E-state index contributed by atoms with van der Waals surface area (Å²) in [4.78, 5) is 10.8. The highest BCUT2D eigenvalue weighted by Gasteiger charge is 2.29. The number of benzene rings is 1. The first-order valence-corrected chi connectivity index (χ1v) is 4.84. The van der Waals surface area contributed by atoms with Crippen LogP contribution in [0.15, 0.2) is 24.3 Å². The van der Waals surface area contributed by atoms with Crippen LogP contribution < -0.4 is 16.6 Å². The van der Waals surface area contributed by atoms with E-state index in [2.05, 4.69) is 5.32 Å². The zero-order chi connectivity index (χ0) is 12.9. The SMILES string of the molecule is NNC(=O)CCNc1ccc(C(F)(F)F)cc1. The number of carbonyl (C=O) groups excluding carboxylic acids is 1. The van der Waals surface area contributed by atoms with Gasteiger partial charge in [-0.25, -0.2) is 5.84 Å². The number of rotatable bonds is 4. The van der Waals surface area contributed by atoms with E-state index in [1.165, 1.54) is 12.1 Å². The summed E-state index contributed by atoms with van der Waals surface area (Å²) in [6, 6.07) is 4.57. The lowest BCUT2D eigenvalue weighted by Gasteiger charge is -2.09. The van der Waals surface area contributed by atoms with Crippen molar-refractivity contribution in [1.82, 2.24) is 5.43 Å². The minimum absolute atomic E-state index is 0.150. The highest BCUT2D eigenvalue weighted by atomic mass is 19.4. The largest absolute Gasteiger partial charge is 0.416 e. The maximum atomic E-state index is 12.2. The molecule has 4 nitrogen and oxygen atoms in total. The van der Waals surface area contributed by atoms with Crippen molar-refractivity contribution in [2.24, 2.45) is 5.84 Å². The van der Waals surface area contributed by atoms with Crippen LogP contribution in [0, 0.1) is 0 Å². The smallest absolute Gasteiger partial charge is 0.385 e. The number of amides is 1. The zero-order valence-electron chi connectivity index (χ0n) is 8.84. The highest BCUT2D eigenvalue weighted by molar-refractivity contribution is 5.75. The third-order valence-corrected chi connectivity index (χ3v) is 2.05. The lowest BCUT2D eigenvalue weighted by Crippen LogP contribution is -2.31. The Labute approximate surface area is 96.0 Å². The highest BCUT2D eigenvalue weighted by Crippen LogP contribution is 2.29. The first kappa shape index (κ1) is 13.3. The molecule has 0 spiro atoms. The molecule has 0 aromatic heterocycles. The molecule has 0 fully saturated rings. The minimum Gasteiger partial charge on any atom is -0.385 e. The van der Waals surface area contributed by atoms with Crippen LogP contribution in [0.25, 0.3) is 0 Å². The predicted molar refractivity (Wildman–Crippen MR) is 56.9 cm³/mol. The van der Waals surface area contributed by atoms with E-state index in [1.807, 2.05) is 5.43 Å². The van der Waals surface area contributed by atoms with Gasteiger partial charge in [-0.1, -0.05) is 0 Å². The molecule has 1 aromatic carbocycles. The summed E-state index contributed by atoms with van der Waals surface area (Å²) in [5.41, 5.74) is 1.76. The average molecular weight is 247 g/mol. The Bertz CT molecular complexity index is 375. The molecule has 0 unspecified atom stereocenters. The number of anilines is 1. The lowest BCUT2D eigenvalue weighted by molar-refractivity contribution is -0.137. The fraction of sp³-hybridized carbons (Fsp3) is 0.300. The normalized spacial score (nSPS) is 11.1. The van der Waals surface area contributed by atoms with Crippen molar-refractivity contribution in [3.8, 4) is 0 Å². The van der Waals surface area contributed by atoms with Crippen LogP contribution in [0.4, 0.5) is 18.9 Å². The van der Waals surface area contributed by atoms with Gasteiger partial charge >= 0.3 is 6.18 Å². The second-order valence-electron chi connectivity index (χ2n) is 3.32. The summed E-state index contributed by atoms with van der Waals surface area (Å²) in [6.45, 7) is 0.300. The molecule has 0 aliphatic carbocycles. The van der Waals surface area contributed by atoms with Gasteiger partial charge in [0, 0.05) is 18.7 Å². The zero-order valence-corrected chi connectivity index (χ0v) is 8.84. The first-order valence-electron chi connectivity index (χ1n) is 4.84. The number of nitrogens with two attached hydrogens (primary N) is 1. The summed E-state index contributed by atoms with van der Waals surface area (Å²) in [5.74, 6) is 4.52. The Hall–Kier alpha value is -1.76. The quantitative estimate of drug-likeness (QED) is 0.429. The molecule has 0 bridgehead atoms. The van der Waals surface area contributed by atoms with E-state index in [1.54, 1.807) is 0 Å². The van der Waals surface area contributed by atoms with Crippen molar-refractivity contribution in [2.75, 3.05) is 11.9 Å². The van der Waals surface area contributed by atoms with Gasteiger partial charge in [-0.2, -0.15) is 13.2 Å². The summed E-state index contributed by atoms with van der Waals surface area (Å²) in [7, 11) is 0. The monoisotopic (exact) mass is 247 g/mol. The van der Waals surface area contributed by atoms with Gasteiger partial charge in [0.1, 0.15) is 0 Å². The van der Waals surface area contributed by atoms with Gasteiger partial charge in [-0.3, -0.25) is 10.2 Å². The van der Waals surface area contributed by atoms with E-state index >= 15 is 0 Å². The molecular weight excluding hydrogens is 235 g/mol. The Morgan fingerprint density at radius 2 is 1.82 bits per heavy atom. The molecule has 94 valence electrons. The van der Waals surface area contributed by atoms with E-state index in [4.69, 9.17) is 5.84 Å². The van der Waals surface area contributed by atoms with Gasteiger partial charge in [0.2, 0.25) is 5.91 Å². The number of alkyl halides is 3. The molecule has 0 aliphatic heterocycles.